The van der Waals surface area contributed by atoms with E-state index in [2.05, 4.69) is 5.92 Å². The molecule has 2 heteroatoms. The van der Waals surface area contributed by atoms with Crippen molar-refractivity contribution in [3.05, 3.63) is 23.5 Å². The number of terminal acetylenes is 1. The lowest BCUT2D eigenvalue weighted by molar-refractivity contribution is 0.101. The molecule has 0 spiro atoms. The molecule has 0 N–H and O–H groups in total. The lowest BCUT2D eigenvalue weighted by atomic mass is 10.2. The van der Waals surface area contributed by atoms with E-state index in [0.29, 0.717) is 6.54 Å². The Morgan fingerprint density at radius 3 is 2.83 bits per heavy atom. The third kappa shape index (κ3) is 1.40. The maximum absolute atomic E-state index is 11.0. The molecule has 0 amide bonds. The van der Waals surface area contributed by atoms with Gasteiger partial charge < -0.3 is 4.57 Å². The Morgan fingerprint density at radius 1 is 1.75 bits per heavy atom. The van der Waals surface area contributed by atoms with E-state index >= 15 is 0 Å². The summed E-state index contributed by atoms with van der Waals surface area (Å²) < 4.78 is 1.89. The zero-order valence-electron chi connectivity index (χ0n) is 7.29. The van der Waals surface area contributed by atoms with Gasteiger partial charge in [-0.1, -0.05) is 5.92 Å². The van der Waals surface area contributed by atoms with Crippen molar-refractivity contribution in [2.75, 3.05) is 0 Å². The van der Waals surface area contributed by atoms with Crippen LogP contribution in [0, 0.1) is 19.3 Å². The summed E-state index contributed by atoms with van der Waals surface area (Å²) in [5.74, 6) is 2.62. The molecule has 0 radical (unpaired) electrons. The van der Waals surface area contributed by atoms with E-state index in [1.807, 2.05) is 17.7 Å². The fraction of sp³-hybridized carbons (Fsp3) is 0.300. The van der Waals surface area contributed by atoms with Crippen molar-refractivity contribution >= 4 is 5.78 Å². The SMILES string of the molecule is C#CCn1ccc(C(C)=O)c1C. The Bertz CT molecular complexity index is 341. The van der Waals surface area contributed by atoms with Crippen molar-refractivity contribution in [2.45, 2.75) is 20.4 Å². The second-order valence-electron chi connectivity index (χ2n) is 2.70. The molecule has 1 rings (SSSR count). The highest BCUT2D eigenvalue weighted by Crippen LogP contribution is 2.09. The fourth-order valence-electron chi connectivity index (χ4n) is 1.19. The van der Waals surface area contributed by atoms with Crippen LogP contribution in [-0.2, 0) is 6.54 Å². The van der Waals surface area contributed by atoms with Gasteiger partial charge in [-0.2, -0.15) is 0 Å². The quantitative estimate of drug-likeness (QED) is 0.477. The molecule has 1 heterocycles. The van der Waals surface area contributed by atoms with Crippen molar-refractivity contribution in [3.8, 4) is 12.3 Å². The average molecular weight is 161 g/mol. The summed E-state index contributed by atoms with van der Waals surface area (Å²) in [4.78, 5) is 11.0. The molecule has 0 unspecified atom stereocenters. The number of ketones is 1. The number of hydrogen-bond acceptors (Lipinski definition) is 1. The molecule has 12 heavy (non-hydrogen) atoms. The zero-order valence-corrected chi connectivity index (χ0v) is 7.29. The van der Waals surface area contributed by atoms with Crippen molar-refractivity contribution in [1.82, 2.24) is 4.57 Å². The van der Waals surface area contributed by atoms with E-state index in [1.54, 1.807) is 13.0 Å². The summed E-state index contributed by atoms with van der Waals surface area (Å²) in [6.07, 6.45) is 7.00. The molecule has 1 aromatic heterocycles. The predicted octanol–water partition coefficient (Wildman–Crippen LogP) is 1.63. The standard InChI is InChI=1S/C10H11NO/c1-4-6-11-7-5-10(8(11)2)9(3)12/h1,5,7H,6H2,2-3H3. The molecule has 0 saturated carbocycles. The van der Waals surface area contributed by atoms with E-state index in [0.717, 1.165) is 11.3 Å². The van der Waals surface area contributed by atoms with Crippen molar-refractivity contribution < 1.29 is 4.79 Å². The summed E-state index contributed by atoms with van der Waals surface area (Å²) in [7, 11) is 0. The molecular formula is C10H11NO. The minimum atomic E-state index is 0.0864. The second-order valence-corrected chi connectivity index (χ2v) is 2.70. The highest BCUT2D eigenvalue weighted by Gasteiger charge is 2.06. The first kappa shape index (κ1) is 8.61. The van der Waals surface area contributed by atoms with Crippen molar-refractivity contribution in [1.29, 1.82) is 0 Å². The summed E-state index contributed by atoms with van der Waals surface area (Å²) in [6, 6.07) is 1.80. The normalized spacial score (nSPS) is 9.42. The van der Waals surface area contributed by atoms with Gasteiger partial charge in [-0.15, -0.1) is 6.42 Å². The monoisotopic (exact) mass is 161 g/mol. The van der Waals surface area contributed by atoms with Gasteiger partial charge in [0.25, 0.3) is 0 Å². The van der Waals surface area contributed by atoms with E-state index < -0.39 is 0 Å². The van der Waals surface area contributed by atoms with Gasteiger partial charge in [0.05, 0.1) is 6.54 Å². The van der Waals surface area contributed by atoms with E-state index in [1.165, 1.54) is 0 Å². The minimum absolute atomic E-state index is 0.0864. The van der Waals surface area contributed by atoms with Crippen LogP contribution in [0.15, 0.2) is 12.3 Å². The minimum Gasteiger partial charge on any atom is -0.340 e. The number of hydrogen-bond donors (Lipinski definition) is 0. The molecule has 62 valence electrons. The van der Waals surface area contributed by atoms with E-state index in [4.69, 9.17) is 6.42 Å². The Hall–Kier alpha value is -1.49. The zero-order chi connectivity index (χ0) is 9.14. The molecular weight excluding hydrogens is 150 g/mol. The highest BCUT2D eigenvalue weighted by atomic mass is 16.1. The van der Waals surface area contributed by atoms with Gasteiger partial charge in [0.2, 0.25) is 0 Å². The Kier molecular flexibility index (Phi) is 2.35. The molecule has 0 atom stereocenters. The number of Topliss-reactive ketones (excluding diaryl/α,β-unsaturated/α-hetero) is 1. The van der Waals surface area contributed by atoms with Crippen LogP contribution < -0.4 is 0 Å². The summed E-state index contributed by atoms with van der Waals surface area (Å²) in [5, 5.41) is 0. The highest BCUT2D eigenvalue weighted by molar-refractivity contribution is 5.95. The van der Waals surface area contributed by atoms with Crippen LogP contribution in [0.25, 0.3) is 0 Å². The fourth-order valence-corrected chi connectivity index (χ4v) is 1.19. The molecule has 0 bridgehead atoms. The molecule has 1 aromatic rings. The summed E-state index contributed by atoms with van der Waals surface area (Å²) in [6.45, 7) is 3.98. The van der Waals surface area contributed by atoms with Gasteiger partial charge in [-0.25, -0.2) is 0 Å². The predicted molar refractivity (Wildman–Crippen MR) is 48.0 cm³/mol. The number of carbonyl (C=O) groups excluding carboxylic acids is 1. The van der Waals surface area contributed by atoms with Crippen LogP contribution in [0.1, 0.15) is 23.0 Å². The van der Waals surface area contributed by atoms with Crippen LogP contribution in [0.3, 0.4) is 0 Å². The average Bonchev–Trinajstić information content (AvgIpc) is 2.34. The molecule has 0 saturated heterocycles. The first-order valence-corrected chi connectivity index (χ1v) is 3.77. The van der Waals surface area contributed by atoms with Gasteiger partial charge in [-0.3, -0.25) is 4.79 Å². The number of aromatic nitrogens is 1. The maximum atomic E-state index is 11.0. The van der Waals surface area contributed by atoms with Crippen LogP contribution in [0.5, 0.6) is 0 Å². The molecule has 0 fully saturated rings. The molecule has 0 aliphatic carbocycles. The van der Waals surface area contributed by atoms with Crippen molar-refractivity contribution in [3.63, 3.8) is 0 Å². The summed E-state index contributed by atoms with van der Waals surface area (Å²) >= 11 is 0. The third-order valence-corrected chi connectivity index (χ3v) is 1.88. The van der Waals surface area contributed by atoms with Gasteiger partial charge in [0, 0.05) is 17.5 Å². The van der Waals surface area contributed by atoms with Crippen LogP contribution in [0.4, 0.5) is 0 Å². The number of rotatable bonds is 2. The first-order valence-electron chi connectivity index (χ1n) is 3.77. The largest absolute Gasteiger partial charge is 0.340 e. The van der Waals surface area contributed by atoms with Gasteiger partial charge in [-0.05, 0) is 19.9 Å². The van der Waals surface area contributed by atoms with Gasteiger partial charge in [0.15, 0.2) is 5.78 Å². The Balaban J connectivity index is 3.06. The third-order valence-electron chi connectivity index (χ3n) is 1.88. The number of carbonyl (C=O) groups is 1. The van der Waals surface area contributed by atoms with E-state index in [9.17, 15) is 4.79 Å². The smallest absolute Gasteiger partial charge is 0.161 e. The maximum Gasteiger partial charge on any atom is 0.161 e. The first-order chi connectivity index (χ1) is 5.66. The van der Waals surface area contributed by atoms with Gasteiger partial charge in [0.1, 0.15) is 0 Å². The molecule has 0 aliphatic rings. The van der Waals surface area contributed by atoms with Crippen LogP contribution in [-0.4, -0.2) is 10.4 Å². The topological polar surface area (TPSA) is 22.0 Å². The van der Waals surface area contributed by atoms with Crippen LogP contribution >= 0.6 is 0 Å². The van der Waals surface area contributed by atoms with E-state index in [-0.39, 0.29) is 5.78 Å². The lowest BCUT2D eigenvalue weighted by Gasteiger charge is -2.00. The Labute approximate surface area is 72.2 Å². The Morgan fingerprint density at radius 2 is 2.42 bits per heavy atom. The van der Waals surface area contributed by atoms with Crippen LogP contribution in [0.2, 0.25) is 0 Å². The van der Waals surface area contributed by atoms with Crippen molar-refractivity contribution in [2.24, 2.45) is 0 Å². The summed E-state index contributed by atoms with van der Waals surface area (Å²) in [5.41, 5.74) is 1.70. The lowest BCUT2D eigenvalue weighted by Crippen LogP contribution is -1.99. The molecule has 2 nitrogen and oxygen atoms in total. The van der Waals surface area contributed by atoms with Gasteiger partial charge >= 0.3 is 0 Å². The molecule has 0 aromatic carbocycles. The second kappa shape index (κ2) is 3.27. The molecule has 0 aliphatic heterocycles. The number of nitrogens with zero attached hydrogens (tertiary/aromatic N) is 1.